The van der Waals surface area contributed by atoms with E-state index in [2.05, 4.69) is 4.90 Å². The van der Waals surface area contributed by atoms with E-state index in [-0.39, 0.29) is 13.1 Å². The van der Waals surface area contributed by atoms with E-state index < -0.39 is 26.6 Å². The van der Waals surface area contributed by atoms with Crippen molar-refractivity contribution in [2.24, 2.45) is 0 Å². The van der Waals surface area contributed by atoms with E-state index in [0.29, 0.717) is 13.1 Å². The third-order valence-electron chi connectivity index (χ3n) is 4.67. The lowest BCUT2D eigenvalue weighted by molar-refractivity contribution is 0.381. The molecule has 1 aliphatic heterocycles. The number of rotatable bonds is 3. The molecule has 0 saturated carbocycles. The number of hydrogen-bond donors (Lipinski definition) is 0. The number of nitrogens with zero attached hydrogens (tertiary/aromatic N) is 2. The number of aryl methyl sites for hydroxylation is 1. The topological polar surface area (TPSA) is 40.6 Å². The van der Waals surface area contributed by atoms with Crippen LogP contribution in [-0.4, -0.2) is 38.9 Å². The van der Waals surface area contributed by atoms with Gasteiger partial charge in [0.05, 0.1) is 0 Å². The van der Waals surface area contributed by atoms with Gasteiger partial charge in [-0.2, -0.15) is 4.31 Å². The van der Waals surface area contributed by atoms with Gasteiger partial charge in [-0.05, 0) is 49.2 Å². The molecule has 0 aliphatic carbocycles. The zero-order valence-electron chi connectivity index (χ0n) is 14.2. The summed E-state index contributed by atoms with van der Waals surface area (Å²) in [5.41, 5.74) is 3.42. The molecule has 0 N–H and O–H groups in total. The molecule has 3 rings (SSSR count). The van der Waals surface area contributed by atoms with Gasteiger partial charge in [-0.1, -0.05) is 12.1 Å². The average Bonchev–Trinajstić information content (AvgIpc) is 2.59. The second-order valence-corrected chi connectivity index (χ2v) is 8.09. The Morgan fingerprint density at radius 3 is 2.32 bits per heavy atom. The predicted molar refractivity (Wildman–Crippen MR) is 93.2 cm³/mol. The normalized spacial score (nSPS) is 16.2. The molecule has 0 radical (unpaired) electrons. The van der Waals surface area contributed by atoms with Crippen LogP contribution in [0.3, 0.4) is 0 Å². The third kappa shape index (κ3) is 3.39. The van der Waals surface area contributed by atoms with Crippen LogP contribution < -0.4 is 4.90 Å². The fraction of sp³-hybridized carbons (Fsp3) is 0.333. The van der Waals surface area contributed by atoms with Crippen LogP contribution in [0.5, 0.6) is 0 Å². The first kappa shape index (κ1) is 17.8. The summed E-state index contributed by atoms with van der Waals surface area (Å²) in [4.78, 5) is 1.52. The SMILES string of the molecule is Cc1cccc(N2CCN(S(=O)(=O)c3cc(F)ccc3F)CC2)c1C. The molecule has 0 amide bonds. The Kier molecular flexibility index (Phi) is 4.79. The summed E-state index contributed by atoms with van der Waals surface area (Å²) >= 11 is 0. The number of hydrogen-bond acceptors (Lipinski definition) is 3. The zero-order chi connectivity index (χ0) is 18.2. The maximum atomic E-state index is 13.9. The number of halogens is 2. The van der Waals surface area contributed by atoms with Crippen molar-refractivity contribution >= 4 is 15.7 Å². The fourth-order valence-electron chi connectivity index (χ4n) is 3.06. The van der Waals surface area contributed by atoms with Gasteiger partial charge >= 0.3 is 0 Å². The van der Waals surface area contributed by atoms with E-state index in [0.717, 1.165) is 29.4 Å². The Morgan fingerprint density at radius 2 is 1.64 bits per heavy atom. The van der Waals surface area contributed by atoms with Crippen LogP contribution in [0.4, 0.5) is 14.5 Å². The van der Waals surface area contributed by atoms with Crippen LogP contribution in [0.1, 0.15) is 11.1 Å². The quantitative estimate of drug-likeness (QED) is 0.838. The Hall–Kier alpha value is -1.99. The highest BCUT2D eigenvalue weighted by atomic mass is 32.2. The summed E-state index contributed by atoms with van der Waals surface area (Å²) in [5, 5.41) is 0. The van der Waals surface area contributed by atoms with E-state index in [1.54, 1.807) is 0 Å². The summed E-state index contributed by atoms with van der Waals surface area (Å²) in [7, 11) is -4.05. The van der Waals surface area contributed by atoms with Crippen LogP contribution in [0.25, 0.3) is 0 Å². The molecule has 1 heterocycles. The molecule has 25 heavy (non-hydrogen) atoms. The van der Waals surface area contributed by atoms with Crippen LogP contribution in [0.2, 0.25) is 0 Å². The summed E-state index contributed by atoms with van der Waals surface area (Å²) in [6.07, 6.45) is 0. The van der Waals surface area contributed by atoms with E-state index in [1.807, 2.05) is 32.0 Å². The first-order chi connectivity index (χ1) is 11.8. The van der Waals surface area contributed by atoms with Crippen molar-refractivity contribution in [2.75, 3.05) is 31.1 Å². The van der Waals surface area contributed by atoms with Crippen molar-refractivity contribution in [2.45, 2.75) is 18.7 Å². The number of piperazine rings is 1. The minimum absolute atomic E-state index is 0.228. The molecule has 0 atom stereocenters. The maximum absolute atomic E-state index is 13.9. The average molecular weight is 366 g/mol. The van der Waals surface area contributed by atoms with Crippen molar-refractivity contribution in [3.63, 3.8) is 0 Å². The van der Waals surface area contributed by atoms with Crippen LogP contribution in [0, 0.1) is 25.5 Å². The number of benzene rings is 2. The van der Waals surface area contributed by atoms with Crippen molar-refractivity contribution in [1.82, 2.24) is 4.31 Å². The first-order valence-electron chi connectivity index (χ1n) is 8.07. The van der Waals surface area contributed by atoms with Gasteiger partial charge in [0, 0.05) is 31.9 Å². The summed E-state index contributed by atoms with van der Waals surface area (Å²) < 4.78 is 53.7. The summed E-state index contributed by atoms with van der Waals surface area (Å²) in [6, 6.07) is 8.51. The standard InChI is InChI=1S/C18H20F2N2O2S/c1-13-4-3-5-17(14(13)2)21-8-10-22(11-9-21)25(23,24)18-12-15(19)6-7-16(18)20/h3-7,12H,8-11H2,1-2H3. The first-order valence-corrected chi connectivity index (χ1v) is 9.51. The lowest BCUT2D eigenvalue weighted by Crippen LogP contribution is -2.49. The molecule has 0 unspecified atom stereocenters. The van der Waals surface area contributed by atoms with E-state index in [1.165, 1.54) is 9.87 Å². The number of anilines is 1. The van der Waals surface area contributed by atoms with Crippen LogP contribution in [-0.2, 0) is 10.0 Å². The molecule has 2 aromatic rings. The van der Waals surface area contributed by atoms with Crippen molar-refractivity contribution in [3.8, 4) is 0 Å². The smallest absolute Gasteiger partial charge is 0.246 e. The van der Waals surface area contributed by atoms with Gasteiger partial charge in [0.2, 0.25) is 10.0 Å². The van der Waals surface area contributed by atoms with Crippen molar-refractivity contribution in [1.29, 1.82) is 0 Å². The summed E-state index contributed by atoms with van der Waals surface area (Å²) in [5.74, 6) is -1.70. The maximum Gasteiger partial charge on any atom is 0.246 e. The lowest BCUT2D eigenvalue weighted by atomic mass is 10.1. The fourth-order valence-corrected chi connectivity index (χ4v) is 4.56. The van der Waals surface area contributed by atoms with Gasteiger partial charge in [0.1, 0.15) is 16.5 Å². The molecule has 0 aromatic heterocycles. The van der Waals surface area contributed by atoms with E-state index in [9.17, 15) is 17.2 Å². The van der Waals surface area contributed by atoms with Crippen LogP contribution in [0.15, 0.2) is 41.3 Å². The molecular weight excluding hydrogens is 346 g/mol. The largest absolute Gasteiger partial charge is 0.369 e. The molecule has 134 valence electrons. The van der Waals surface area contributed by atoms with Crippen molar-refractivity contribution < 1.29 is 17.2 Å². The minimum Gasteiger partial charge on any atom is -0.369 e. The molecule has 1 fully saturated rings. The molecule has 2 aromatic carbocycles. The second kappa shape index (κ2) is 6.72. The Balaban J connectivity index is 1.80. The third-order valence-corrected chi connectivity index (χ3v) is 6.58. The molecule has 4 nitrogen and oxygen atoms in total. The summed E-state index contributed by atoms with van der Waals surface area (Å²) in [6.45, 7) is 5.53. The van der Waals surface area contributed by atoms with E-state index >= 15 is 0 Å². The Morgan fingerprint density at radius 1 is 0.960 bits per heavy atom. The highest BCUT2D eigenvalue weighted by molar-refractivity contribution is 7.89. The monoisotopic (exact) mass is 366 g/mol. The minimum atomic E-state index is -4.05. The Bertz CT molecular complexity index is 892. The highest BCUT2D eigenvalue weighted by Crippen LogP contribution is 2.26. The van der Waals surface area contributed by atoms with E-state index in [4.69, 9.17) is 0 Å². The molecule has 0 spiro atoms. The van der Waals surface area contributed by atoms with Crippen LogP contribution >= 0.6 is 0 Å². The molecular formula is C18H20F2N2O2S. The van der Waals surface area contributed by atoms with Gasteiger partial charge < -0.3 is 4.90 Å². The molecule has 1 saturated heterocycles. The Labute approximate surface area is 146 Å². The number of sulfonamides is 1. The lowest BCUT2D eigenvalue weighted by Gasteiger charge is -2.36. The van der Waals surface area contributed by atoms with Gasteiger partial charge in [0.15, 0.2) is 0 Å². The predicted octanol–water partition coefficient (Wildman–Crippen LogP) is 3.09. The highest BCUT2D eigenvalue weighted by Gasteiger charge is 2.31. The second-order valence-electron chi connectivity index (χ2n) is 6.18. The van der Waals surface area contributed by atoms with Gasteiger partial charge in [0.25, 0.3) is 0 Å². The van der Waals surface area contributed by atoms with Gasteiger partial charge in [-0.15, -0.1) is 0 Å². The molecule has 1 aliphatic rings. The van der Waals surface area contributed by atoms with Gasteiger partial charge in [-0.3, -0.25) is 0 Å². The van der Waals surface area contributed by atoms with Gasteiger partial charge in [-0.25, -0.2) is 17.2 Å². The van der Waals surface area contributed by atoms with Crippen molar-refractivity contribution in [3.05, 3.63) is 59.2 Å². The molecule has 0 bridgehead atoms. The zero-order valence-corrected chi connectivity index (χ0v) is 15.0. The molecule has 7 heteroatoms.